The molecule has 0 unspecified atom stereocenters. The molecule has 6 aromatic carbocycles. The van der Waals surface area contributed by atoms with Gasteiger partial charge in [-0.3, -0.25) is 0 Å². The van der Waals surface area contributed by atoms with Crippen molar-refractivity contribution in [1.82, 2.24) is 4.57 Å². The highest BCUT2D eigenvalue weighted by Gasteiger charge is 2.21. The predicted molar refractivity (Wildman–Crippen MR) is 157 cm³/mol. The van der Waals surface area contributed by atoms with Crippen LogP contribution in [0.25, 0.3) is 69.6 Å². The maximum Gasteiger partial charge on any atom is 0.0726 e. The Bertz CT molecular complexity index is 2080. The largest absolute Gasteiger partial charge is 0.308 e. The molecule has 0 saturated carbocycles. The summed E-state index contributed by atoms with van der Waals surface area (Å²) < 4.78 is 5.16. The molecule has 0 aliphatic carbocycles. The highest BCUT2D eigenvalue weighted by atomic mass is 32.1. The van der Waals surface area contributed by atoms with Crippen molar-refractivity contribution in [2.45, 2.75) is 0 Å². The molecule has 2 aromatic heterocycles. The molecule has 0 amide bonds. The van der Waals surface area contributed by atoms with Crippen molar-refractivity contribution >= 4 is 64.1 Å². The van der Waals surface area contributed by atoms with Gasteiger partial charge in [0.2, 0.25) is 0 Å². The average molecular weight is 476 g/mol. The zero-order chi connectivity index (χ0) is 23.6. The van der Waals surface area contributed by atoms with Crippen LogP contribution in [-0.4, -0.2) is 4.57 Å². The molecule has 2 heteroatoms. The van der Waals surface area contributed by atoms with Gasteiger partial charge >= 0.3 is 0 Å². The van der Waals surface area contributed by atoms with Crippen molar-refractivity contribution < 1.29 is 0 Å². The van der Waals surface area contributed by atoms with Gasteiger partial charge in [0.15, 0.2) is 0 Å². The Morgan fingerprint density at radius 3 is 1.89 bits per heavy atom. The first-order valence-corrected chi connectivity index (χ1v) is 13.1. The van der Waals surface area contributed by atoms with Crippen LogP contribution in [0, 0.1) is 0 Å². The quantitative estimate of drug-likeness (QED) is 0.234. The van der Waals surface area contributed by atoms with Crippen molar-refractivity contribution in [3.63, 3.8) is 0 Å². The maximum absolute atomic E-state index is 2.48. The highest BCUT2D eigenvalue weighted by Crippen LogP contribution is 2.48. The van der Waals surface area contributed by atoms with Crippen LogP contribution in [-0.2, 0) is 0 Å². The molecule has 0 aliphatic rings. The molecular weight excluding hydrogens is 454 g/mol. The number of rotatable bonds is 2. The third kappa shape index (κ3) is 2.71. The third-order valence-corrected chi connectivity index (χ3v) is 8.54. The fraction of sp³-hybridized carbons (Fsp3) is 0. The number of para-hydroxylation sites is 1. The normalized spacial score (nSPS) is 11.9. The zero-order valence-electron chi connectivity index (χ0n) is 19.5. The monoisotopic (exact) mass is 475 g/mol. The van der Waals surface area contributed by atoms with Gasteiger partial charge in [0, 0.05) is 31.9 Å². The van der Waals surface area contributed by atoms with Gasteiger partial charge in [-0.2, -0.15) is 0 Å². The molecule has 0 aliphatic heterocycles. The lowest BCUT2D eigenvalue weighted by Crippen LogP contribution is -1.93. The van der Waals surface area contributed by atoms with Crippen LogP contribution < -0.4 is 0 Å². The summed E-state index contributed by atoms with van der Waals surface area (Å²) in [5.41, 5.74) is 6.23. The molecule has 36 heavy (non-hydrogen) atoms. The van der Waals surface area contributed by atoms with E-state index in [1.54, 1.807) is 0 Å². The summed E-state index contributed by atoms with van der Waals surface area (Å²) in [5.74, 6) is 0. The van der Waals surface area contributed by atoms with Crippen molar-refractivity contribution in [1.29, 1.82) is 0 Å². The molecule has 0 atom stereocenters. The summed E-state index contributed by atoms with van der Waals surface area (Å²) in [6.45, 7) is 0. The number of thiophene rings is 1. The summed E-state index contributed by atoms with van der Waals surface area (Å²) >= 11 is 1.91. The Balaban J connectivity index is 1.67. The van der Waals surface area contributed by atoms with E-state index in [4.69, 9.17) is 0 Å². The van der Waals surface area contributed by atoms with Crippen molar-refractivity contribution in [2.24, 2.45) is 0 Å². The molecule has 0 bridgehead atoms. The molecule has 2 heterocycles. The minimum atomic E-state index is 1.19. The fourth-order valence-electron chi connectivity index (χ4n) is 5.83. The van der Waals surface area contributed by atoms with E-state index in [9.17, 15) is 0 Å². The van der Waals surface area contributed by atoms with E-state index in [0.29, 0.717) is 0 Å². The second-order valence-corrected chi connectivity index (χ2v) is 10.4. The van der Waals surface area contributed by atoms with Crippen LogP contribution in [0.3, 0.4) is 0 Å². The molecular formula is C34H21NS. The van der Waals surface area contributed by atoms with Crippen LogP contribution in [0.1, 0.15) is 0 Å². The topological polar surface area (TPSA) is 4.93 Å². The molecule has 0 saturated heterocycles. The molecule has 168 valence electrons. The fourth-order valence-corrected chi connectivity index (χ4v) is 7.09. The molecule has 0 radical (unpaired) electrons. The first kappa shape index (κ1) is 19.9. The van der Waals surface area contributed by atoms with Gasteiger partial charge in [0.25, 0.3) is 0 Å². The van der Waals surface area contributed by atoms with Crippen LogP contribution in [0.2, 0.25) is 0 Å². The Labute approximate surface area is 212 Å². The Morgan fingerprint density at radius 2 is 1.11 bits per heavy atom. The van der Waals surface area contributed by atoms with E-state index in [0.717, 1.165) is 0 Å². The molecule has 8 rings (SSSR count). The average Bonchev–Trinajstić information content (AvgIpc) is 3.50. The lowest BCUT2D eigenvalue weighted by Gasteiger charge is -2.10. The summed E-state index contributed by atoms with van der Waals surface area (Å²) in [6, 6.07) is 46.2. The maximum atomic E-state index is 2.48. The molecule has 8 aromatic rings. The van der Waals surface area contributed by atoms with Crippen molar-refractivity contribution in [3.8, 4) is 16.8 Å². The van der Waals surface area contributed by atoms with Crippen LogP contribution in [0.15, 0.2) is 127 Å². The van der Waals surface area contributed by atoms with Gasteiger partial charge in [0.05, 0.1) is 15.7 Å². The second kappa shape index (κ2) is 7.55. The predicted octanol–water partition coefficient (Wildman–Crippen LogP) is 9.97. The summed E-state index contributed by atoms with van der Waals surface area (Å²) in [7, 11) is 0. The van der Waals surface area contributed by atoms with Gasteiger partial charge in [-0.25, -0.2) is 0 Å². The molecule has 0 fully saturated rings. The lowest BCUT2D eigenvalue weighted by molar-refractivity contribution is 1.19. The Kier molecular flexibility index (Phi) is 4.16. The number of fused-ring (bicyclic) bond motifs is 10. The van der Waals surface area contributed by atoms with Gasteiger partial charge in [-0.15, -0.1) is 11.3 Å². The Hall–Kier alpha value is -4.40. The van der Waals surface area contributed by atoms with Gasteiger partial charge in [-0.05, 0) is 52.2 Å². The zero-order valence-corrected chi connectivity index (χ0v) is 20.3. The van der Waals surface area contributed by atoms with Crippen LogP contribution >= 0.6 is 11.3 Å². The summed E-state index contributed by atoms with van der Waals surface area (Å²) in [4.78, 5) is 0. The van der Waals surface area contributed by atoms with Gasteiger partial charge < -0.3 is 4.57 Å². The van der Waals surface area contributed by atoms with E-state index in [-0.39, 0.29) is 0 Å². The first-order valence-electron chi connectivity index (χ1n) is 12.3. The standard InChI is InChI=1S/C34H21NS/c1-3-11-22(12-4-1)23-19-20-29-28(21-23)31-25-15-7-8-16-26(25)32-27-17-9-10-18-30(27)36-34(32)33(31)35(29)24-13-5-2-6-14-24/h1-21H. The van der Waals surface area contributed by atoms with Crippen LogP contribution in [0.5, 0.6) is 0 Å². The summed E-state index contributed by atoms with van der Waals surface area (Å²) in [6.07, 6.45) is 0. The second-order valence-electron chi connectivity index (χ2n) is 9.34. The first-order chi connectivity index (χ1) is 17.9. The molecule has 0 spiro atoms. The SMILES string of the molecule is c1ccc(-c2ccc3c(c2)c2c4ccccc4c4c5ccccc5sc4c2n3-c2ccccc2)cc1. The van der Waals surface area contributed by atoms with E-state index in [1.807, 2.05) is 11.3 Å². The minimum absolute atomic E-state index is 1.19. The summed E-state index contributed by atoms with van der Waals surface area (Å²) in [5, 5.41) is 7.97. The minimum Gasteiger partial charge on any atom is -0.308 e. The number of hydrogen-bond donors (Lipinski definition) is 0. The number of benzene rings is 6. The van der Waals surface area contributed by atoms with E-state index in [2.05, 4.69) is 132 Å². The highest BCUT2D eigenvalue weighted by molar-refractivity contribution is 7.27. The number of aromatic nitrogens is 1. The number of hydrogen-bond acceptors (Lipinski definition) is 1. The van der Waals surface area contributed by atoms with E-state index < -0.39 is 0 Å². The molecule has 1 nitrogen and oxygen atoms in total. The Morgan fingerprint density at radius 1 is 0.472 bits per heavy atom. The van der Waals surface area contributed by atoms with Crippen molar-refractivity contribution in [3.05, 3.63) is 127 Å². The molecule has 0 N–H and O–H groups in total. The smallest absolute Gasteiger partial charge is 0.0726 e. The number of nitrogens with zero attached hydrogens (tertiary/aromatic N) is 1. The lowest BCUT2D eigenvalue weighted by atomic mass is 9.97. The van der Waals surface area contributed by atoms with E-state index >= 15 is 0 Å². The third-order valence-electron chi connectivity index (χ3n) is 7.37. The van der Waals surface area contributed by atoms with Crippen LogP contribution in [0.4, 0.5) is 0 Å². The van der Waals surface area contributed by atoms with Crippen molar-refractivity contribution in [2.75, 3.05) is 0 Å². The van der Waals surface area contributed by atoms with Gasteiger partial charge in [0.1, 0.15) is 0 Å². The van der Waals surface area contributed by atoms with E-state index in [1.165, 1.54) is 69.6 Å². The van der Waals surface area contributed by atoms with Gasteiger partial charge in [-0.1, -0.05) is 97.1 Å².